The molecule has 1 N–H and O–H groups in total. The molecular formula is C18H16F3N3O3S. The highest BCUT2D eigenvalue weighted by Gasteiger charge is 2.30. The van der Waals surface area contributed by atoms with Gasteiger partial charge in [0.15, 0.2) is 0 Å². The van der Waals surface area contributed by atoms with E-state index in [1.165, 1.54) is 26.4 Å². The fraction of sp³-hybridized carbons (Fsp3) is 0.278. The molecule has 10 heteroatoms. The molecule has 2 rings (SSSR count). The van der Waals surface area contributed by atoms with Crippen LogP contribution in [-0.2, 0) is 20.4 Å². The molecule has 6 nitrogen and oxygen atoms in total. The molecule has 0 fully saturated rings. The van der Waals surface area contributed by atoms with Crippen molar-refractivity contribution >= 4 is 23.4 Å². The van der Waals surface area contributed by atoms with Crippen LogP contribution in [0.2, 0.25) is 0 Å². The van der Waals surface area contributed by atoms with Crippen LogP contribution >= 0.6 is 11.8 Å². The lowest BCUT2D eigenvalue weighted by Gasteiger charge is -2.14. The first-order valence-corrected chi connectivity index (χ1v) is 8.83. The standard InChI is InChI=1S/C18H16F3N3O3S/c1-26-17(27-2)14-8-3-11(9-22)16(24-14)28-10-15(25)23-13-6-4-12(5-7-13)18(19,20)21/h3-8,17H,10H2,1-2H3,(H,23,25). The molecule has 0 spiro atoms. The third-order valence-corrected chi connectivity index (χ3v) is 4.50. The van der Waals surface area contributed by atoms with Gasteiger partial charge in [-0.2, -0.15) is 18.4 Å². The summed E-state index contributed by atoms with van der Waals surface area (Å²) in [6.07, 6.45) is -5.15. The Morgan fingerprint density at radius 2 is 1.86 bits per heavy atom. The van der Waals surface area contributed by atoms with Gasteiger partial charge in [0.25, 0.3) is 0 Å². The van der Waals surface area contributed by atoms with Crippen LogP contribution < -0.4 is 5.32 Å². The van der Waals surface area contributed by atoms with Crippen molar-refractivity contribution in [2.24, 2.45) is 0 Å². The highest BCUT2D eigenvalue weighted by molar-refractivity contribution is 8.00. The van der Waals surface area contributed by atoms with E-state index in [-0.39, 0.29) is 17.0 Å². The third kappa shape index (κ3) is 5.69. The molecule has 1 amide bonds. The predicted octanol–water partition coefficient (Wildman–Crippen LogP) is 3.99. The van der Waals surface area contributed by atoms with E-state index in [1.54, 1.807) is 12.1 Å². The molecule has 0 aliphatic heterocycles. The number of alkyl halides is 3. The molecule has 0 atom stereocenters. The van der Waals surface area contributed by atoms with Crippen molar-refractivity contribution in [3.63, 3.8) is 0 Å². The zero-order chi connectivity index (χ0) is 20.7. The normalized spacial score (nSPS) is 11.3. The Morgan fingerprint density at radius 1 is 1.21 bits per heavy atom. The smallest absolute Gasteiger partial charge is 0.350 e. The molecule has 0 aliphatic carbocycles. The fourth-order valence-corrected chi connectivity index (χ4v) is 2.97. The van der Waals surface area contributed by atoms with Gasteiger partial charge in [-0.1, -0.05) is 11.8 Å². The van der Waals surface area contributed by atoms with Gasteiger partial charge in [0, 0.05) is 19.9 Å². The number of nitrogens with one attached hydrogen (secondary N) is 1. The van der Waals surface area contributed by atoms with Crippen LogP contribution in [0.4, 0.5) is 18.9 Å². The number of carbonyl (C=O) groups is 1. The monoisotopic (exact) mass is 411 g/mol. The SMILES string of the molecule is COC(OC)c1ccc(C#N)c(SCC(=O)Nc2ccc(C(F)(F)F)cc2)n1. The minimum atomic E-state index is -4.44. The van der Waals surface area contributed by atoms with Crippen molar-refractivity contribution in [3.8, 4) is 6.07 Å². The van der Waals surface area contributed by atoms with Gasteiger partial charge in [0.2, 0.25) is 12.2 Å². The first kappa shape index (κ1) is 21.7. The Kier molecular flexibility index (Phi) is 7.39. The van der Waals surface area contributed by atoms with Gasteiger partial charge in [-0.05, 0) is 36.4 Å². The summed E-state index contributed by atoms with van der Waals surface area (Å²) in [7, 11) is 2.89. The number of nitriles is 1. The number of halogens is 3. The molecule has 1 aromatic heterocycles. The summed E-state index contributed by atoms with van der Waals surface area (Å²) < 4.78 is 47.9. The number of anilines is 1. The summed E-state index contributed by atoms with van der Waals surface area (Å²) >= 11 is 1.02. The maximum absolute atomic E-state index is 12.6. The van der Waals surface area contributed by atoms with Gasteiger partial charge in [0.1, 0.15) is 11.1 Å². The van der Waals surface area contributed by atoms with E-state index < -0.39 is 23.9 Å². The number of pyridine rings is 1. The van der Waals surface area contributed by atoms with Crippen LogP contribution in [0.1, 0.15) is 23.1 Å². The maximum atomic E-state index is 12.6. The number of hydrogen-bond donors (Lipinski definition) is 1. The summed E-state index contributed by atoms with van der Waals surface area (Å²) in [5.41, 5.74) is 0.154. The second-order valence-corrected chi connectivity index (χ2v) is 6.38. The Morgan fingerprint density at radius 3 is 2.39 bits per heavy atom. The zero-order valence-electron chi connectivity index (χ0n) is 14.9. The second kappa shape index (κ2) is 9.54. The van der Waals surface area contributed by atoms with E-state index in [0.717, 1.165) is 23.9 Å². The highest BCUT2D eigenvalue weighted by atomic mass is 32.2. The van der Waals surface area contributed by atoms with Gasteiger partial charge < -0.3 is 14.8 Å². The fourth-order valence-electron chi connectivity index (χ4n) is 2.19. The van der Waals surface area contributed by atoms with Gasteiger partial charge >= 0.3 is 6.18 Å². The zero-order valence-corrected chi connectivity index (χ0v) is 15.7. The van der Waals surface area contributed by atoms with Crippen LogP contribution in [0.3, 0.4) is 0 Å². The van der Waals surface area contributed by atoms with Gasteiger partial charge in [-0.15, -0.1) is 0 Å². The molecule has 0 aliphatic rings. The minimum Gasteiger partial charge on any atom is -0.350 e. The Balaban J connectivity index is 2.04. The largest absolute Gasteiger partial charge is 0.416 e. The van der Waals surface area contributed by atoms with Crippen molar-refractivity contribution in [1.29, 1.82) is 5.26 Å². The van der Waals surface area contributed by atoms with E-state index in [0.29, 0.717) is 10.7 Å². The molecule has 0 saturated carbocycles. The van der Waals surface area contributed by atoms with Crippen molar-refractivity contribution in [3.05, 3.63) is 53.2 Å². The summed E-state index contributed by atoms with van der Waals surface area (Å²) in [6, 6.07) is 9.24. The number of nitrogens with zero attached hydrogens (tertiary/aromatic N) is 2. The average molecular weight is 411 g/mol. The van der Waals surface area contributed by atoms with E-state index in [2.05, 4.69) is 10.3 Å². The number of ether oxygens (including phenoxy) is 2. The third-order valence-electron chi connectivity index (χ3n) is 3.51. The maximum Gasteiger partial charge on any atom is 0.416 e. The van der Waals surface area contributed by atoms with Gasteiger partial charge in [-0.3, -0.25) is 4.79 Å². The molecule has 0 unspecified atom stereocenters. The summed E-state index contributed by atoms with van der Waals surface area (Å²) in [4.78, 5) is 16.4. The van der Waals surface area contributed by atoms with Crippen molar-refractivity contribution < 1.29 is 27.4 Å². The van der Waals surface area contributed by atoms with E-state index >= 15 is 0 Å². The molecule has 28 heavy (non-hydrogen) atoms. The number of rotatable bonds is 7. The molecule has 0 radical (unpaired) electrons. The van der Waals surface area contributed by atoms with Crippen LogP contribution in [0.25, 0.3) is 0 Å². The van der Waals surface area contributed by atoms with Crippen LogP contribution in [0.5, 0.6) is 0 Å². The Bertz CT molecular complexity index is 863. The molecule has 2 aromatic rings. The lowest BCUT2D eigenvalue weighted by molar-refractivity contribution is -0.137. The number of hydrogen-bond acceptors (Lipinski definition) is 6. The summed E-state index contributed by atoms with van der Waals surface area (Å²) in [5, 5.41) is 12.0. The number of methoxy groups -OCH3 is 2. The van der Waals surface area contributed by atoms with Crippen LogP contribution in [-0.4, -0.2) is 30.9 Å². The van der Waals surface area contributed by atoms with E-state index in [1.807, 2.05) is 6.07 Å². The van der Waals surface area contributed by atoms with Crippen molar-refractivity contribution in [2.45, 2.75) is 17.5 Å². The van der Waals surface area contributed by atoms with Crippen LogP contribution in [0, 0.1) is 11.3 Å². The van der Waals surface area contributed by atoms with E-state index in [9.17, 15) is 23.2 Å². The van der Waals surface area contributed by atoms with Gasteiger partial charge in [-0.25, -0.2) is 4.98 Å². The molecule has 0 saturated heterocycles. The molecule has 148 valence electrons. The number of amides is 1. The Labute approximate surface area is 163 Å². The van der Waals surface area contributed by atoms with Crippen LogP contribution in [0.15, 0.2) is 41.4 Å². The summed E-state index contributed by atoms with van der Waals surface area (Å²) in [5.74, 6) is -0.535. The lowest BCUT2D eigenvalue weighted by Crippen LogP contribution is -2.15. The Hall–Kier alpha value is -2.61. The van der Waals surface area contributed by atoms with Crippen molar-refractivity contribution in [1.82, 2.24) is 4.98 Å². The highest BCUT2D eigenvalue weighted by Crippen LogP contribution is 2.30. The van der Waals surface area contributed by atoms with Crippen molar-refractivity contribution in [2.75, 3.05) is 25.3 Å². The van der Waals surface area contributed by atoms with E-state index in [4.69, 9.17) is 9.47 Å². The minimum absolute atomic E-state index is 0.0865. The molecular weight excluding hydrogens is 395 g/mol. The first-order chi connectivity index (χ1) is 13.3. The molecule has 1 aromatic carbocycles. The number of benzene rings is 1. The number of thioether (sulfide) groups is 1. The lowest BCUT2D eigenvalue weighted by atomic mass is 10.2. The number of carbonyl (C=O) groups excluding carboxylic acids is 1. The predicted molar refractivity (Wildman–Crippen MR) is 96.5 cm³/mol. The topological polar surface area (TPSA) is 84.2 Å². The van der Waals surface area contributed by atoms with Gasteiger partial charge in [0.05, 0.1) is 22.6 Å². The molecule has 1 heterocycles. The average Bonchev–Trinajstić information content (AvgIpc) is 2.67. The molecule has 0 bridgehead atoms. The quantitative estimate of drug-likeness (QED) is 0.548. The summed E-state index contributed by atoms with van der Waals surface area (Å²) in [6.45, 7) is 0. The number of aromatic nitrogens is 1. The first-order valence-electron chi connectivity index (χ1n) is 7.85. The second-order valence-electron chi connectivity index (χ2n) is 5.42.